The van der Waals surface area contributed by atoms with Crippen molar-refractivity contribution in [2.24, 2.45) is 0 Å². The van der Waals surface area contributed by atoms with E-state index >= 15 is 0 Å². The molecular formula is C20H26FN3O2S. The van der Waals surface area contributed by atoms with E-state index in [1.165, 1.54) is 12.1 Å². The molecule has 3 rings (SSSR count). The third-order valence-corrected chi connectivity index (χ3v) is 6.55. The maximum Gasteiger partial charge on any atom is 0.240 e. The van der Waals surface area contributed by atoms with Crippen LogP contribution in [0, 0.1) is 12.7 Å². The number of likely N-dealkylation sites (N-methyl/N-ethyl adjacent to an activating group) is 2. The number of aryl methyl sites for hydroxylation is 1. The van der Waals surface area contributed by atoms with Crippen molar-refractivity contribution in [3.63, 3.8) is 0 Å². The Morgan fingerprint density at radius 1 is 1.15 bits per heavy atom. The molecule has 0 aromatic heterocycles. The van der Waals surface area contributed by atoms with E-state index in [1.807, 2.05) is 27.1 Å². The van der Waals surface area contributed by atoms with Gasteiger partial charge >= 0.3 is 0 Å². The number of piperazine rings is 1. The Morgan fingerprint density at radius 2 is 1.93 bits per heavy atom. The van der Waals surface area contributed by atoms with Gasteiger partial charge in [0.2, 0.25) is 10.0 Å². The van der Waals surface area contributed by atoms with E-state index in [4.69, 9.17) is 0 Å². The van der Waals surface area contributed by atoms with Crippen LogP contribution in [0.25, 0.3) is 11.1 Å². The zero-order chi connectivity index (χ0) is 19.6. The Morgan fingerprint density at radius 3 is 2.67 bits per heavy atom. The molecule has 0 saturated carbocycles. The Bertz CT molecular complexity index is 917. The molecule has 0 aliphatic carbocycles. The lowest BCUT2D eigenvalue weighted by atomic mass is 10.0. The molecule has 1 N–H and O–H groups in total. The minimum atomic E-state index is -3.62. The number of sulfonamides is 1. The summed E-state index contributed by atoms with van der Waals surface area (Å²) < 4.78 is 41.7. The van der Waals surface area contributed by atoms with Gasteiger partial charge in [-0.3, -0.25) is 4.90 Å². The highest BCUT2D eigenvalue weighted by Gasteiger charge is 2.24. The van der Waals surface area contributed by atoms with Crippen molar-refractivity contribution in [1.29, 1.82) is 0 Å². The van der Waals surface area contributed by atoms with Crippen LogP contribution >= 0.6 is 0 Å². The van der Waals surface area contributed by atoms with Crippen LogP contribution < -0.4 is 4.72 Å². The number of hydrogen-bond acceptors (Lipinski definition) is 4. The summed E-state index contributed by atoms with van der Waals surface area (Å²) in [7, 11) is 0.441. The van der Waals surface area contributed by atoms with Crippen LogP contribution in [0.2, 0.25) is 0 Å². The predicted octanol–water partition coefficient (Wildman–Crippen LogP) is 2.33. The van der Waals surface area contributed by atoms with Crippen molar-refractivity contribution in [1.82, 2.24) is 14.5 Å². The van der Waals surface area contributed by atoms with Crippen LogP contribution in [0.4, 0.5) is 4.39 Å². The lowest BCUT2D eigenvalue weighted by molar-refractivity contribution is 0.117. The second-order valence-corrected chi connectivity index (χ2v) is 9.00. The Labute approximate surface area is 160 Å². The zero-order valence-electron chi connectivity index (χ0n) is 15.9. The molecule has 7 heteroatoms. The number of rotatable bonds is 5. The van der Waals surface area contributed by atoms with E-state index in [2.05, 4.69) is 14.5 Å². The van der Waals surface area contributed by atoms with Crippen LogP contribution in [0.5, 0.6) is 0 Å². The standard InChI is InChI=1S/C20H26FN3O2S/c1-15-11-17(21)7-8-20(15)16-5-4-6-19(12-16)27(25,26)22-13-18-14-23(2)9-10-24(18)3/h4-8,11-12,18,22H,9-10,13-14H2,1-3H3. The van der Waals surface area contributed by atoms with Gasteiger partial charge in [-0.05, 0) is 62.0 Å². The normalized spacial score (nSPS) is 19.3. The van der Waals surface area contributed by atoms with Gasteiger partial charge in [0.05, 0.1) is 4.90 Å². The SMILES string of the molecule is Cc1cc(F)ccc1-c1cccc(S(=O)(=O)NCC2CN(C)CCN2C)c1. The van der Waals surface area contributed by atoms with Crippen LogP contribution in [0.1, 0.15) is 5.56 Å². The van der Waals surface area contributed by atoms with E-state index in [-0.39, 0.29) is 16.8 Å². The summed E-state index contributed by atoms with van der Waals surface area (Å²) in [5.41, 5.74) is 2.34. The van der Waals surface area contributed by atoms with Gasteiger partial charge in [-0.1, -0.05) is 18.2 Å². The minimum Gasteiger partial charge on any atom is -0.303 e. The van der Waals surface area contributed by atoms with Gasteiger partial charge in [0.1, 0.15) is 5.82 Å². The van der Waals surface area contributed by atoms with Gasteiger partial charge < -0.3 is 4.90 Å². The third kappa shape index (κ3) is 4.73. The molecule has 0 spiro atoms. The lowest BCUT2D eigenvalue weighted by Gasteiger charge is -2.37. The molecule has 1 unspecified atom stereocenters. The van der Waals surface area contributed by atoms with Gasteiger partial charge in [-0.25, -0.2) is 17.5 Å². The fourth-order valence-corrected chi connectivity index (χ4v) is 4.51. The first-order valence-electron chi connectivity index (χ1n) is 9.01. The van der Waals surface area contributed by atoms with Crippen molar-refractivity contribution in [2.75, 3.05) is 40.3 Å². The van der Waals surface area contributed by atoms with Crippen LogP contribution in [0.3, 0.4) is 0 Å². The summed E-state index contributed by atoms with van der Waals surface area (Å²) in [6.07, 6.45) is 0. The van der Waals surface area contributed by atoms with E-state index in [1.54, 1.807) is 24.3 Å². The highest BCUT2D eigenvalue weighted by atomic mass is 32.2. The molecule has 2 aromatic rings. The van der Waals surface area contributed by atoms with E-state index in [9.17, 15) is 12.8 Å². The van der Waals surface area contributed by atoms with Gasteiger partial charge in [0.15, 0.2) is 0 Å². The summed E-state index contributed by atoms with van der Waals surface area (Å²) in [5.74, 6) is -0.303. The fraction of sp³-hybridized carbons (Fsp3) is 0.400. The fourth-order valence-electron chi connectivity index (χ4n) is 3.39. The molecule has 1 fully saturated rings. The first-order chi connectivity index (χ1) is 12.8. The Kier molecular flexibility index (Phi) is 5.95. The first-order valence-corrected chi connectivity index (χ1v) is 10.5. The summed E-state index contributed by atoms with van der Waals surface area (Å²) >= 11 is 0. The number of halogens is 1. The molecule has 27 heavy (non-hydrogen) atoms. The molecule has 0 amide bonds. The average Bonchev–Trinajstić information content (AvgIpc) is 2.62. The molecule has 2 aromatic carbocycles. The monoisotopic (exact) mass is 391 g/mol. The third-order valence-electron chi connectivity index (χ3n) is 5.13. The van der Waals surface area contributed by atoms with Crippen molar-refractivity contribution < 1.29 is 12.8 Å². The van der Waals surface area contributed by atoms with Gasteiger partial charge in [-0.2, -0.15) is 0 Å². The molecular weight excluding hydrogens is 365 g/mol. The Balaban J connectivity index is 1.79. The topological polar surface area (TPSA) is 52.7 Å². The van der Waals surface area contributed by atoms with Crippen molar-refractivity contribution in [3.05, 3.63) is 53.8 Å². The number of benzene rings is 2. The van der Waals surface area contributed by atoms with Gasteiger partial charge in [-0.15, -0.1) is 0 Å². The molecule has 1 saturated heterocycles. The molecule has 146 valence electrons. The summed E-state index contributed by atoms with van der Waals surface area (Å²) in [6.45, 7) is 4.91. The summed E-state index contributed by atoms with van der Waals surface area (Å²) in [6, 6.07) is 11.4. The molecule has 5 nitrogen and oxygen atoms in total. The van der Waals surface area contributed by atoms with Crippen molar-refractivity contribution >= 4 is 10.0 Å². The van der Waals surface area contributed by atoms with Crippen molar-refractivity contribution in [3.8, 4) is 11.1 Å². The molecule has 0 radical (unpaired) electrons. The molecule has 1 aliphatic rings. The predicted molar refractivity (Wildman–Crippen MR) is 106 cm³/mol. The number of hydrogen-bond donors (Lipinski definition) is 1. The second kappa shape index (κ2) is 8.06. The first kappa shape index (κ1) is 19.9. The lowest BCUT2D eigenvalue weighted by Crippen LogP contribution is -2.54. The minimum absolute atomic E-state index is 0.140. The Hall–Kier alpha value is -1.80. The highest BCUT2D eigenvalue weighted by molar-refractivity contribution is 7.89. The summed E-state index contributed by atoms with van der Waals surface area (Å²) in [4.78, 5) is 4.60. The smallest absolute Gasteiger partial charge is 0.240 e. The summed E-state index contributed by atoms with van der Waals surface area (Å²) in [5, 5.41) is 0. The van der Waals surface area contributed by atoms with Gasteiger partial charge in [0.25, 0.3) is 0 Å². The molecule has 1 aliphatic heterocycles. The molecule has 1 atom stereocenters. The van der Waals surface area contributed by atoms with Crippen molar-refractivity contribution in [2.45, 2.75) is 17.9 Å². The van der Waals surface area contributed by atoms with Gasteiger partial charge in [0, 0.05) is 32.2 Å². The molecule has 1 heterocycles. The molecule has 0 bridgehead atoms. The highest BCUT2D eigenvalue weighted by Crippen LogP contribution is 2.26. The zero-order valence-corrected chi connectivity index (χ0v) is 16.8. The largest absolute Gasteiger partial charge is 0.303 e. The van der Waals surface area contributed by atoms with E-state index < -0.39 is 10.0 Å². The number of nitrogens with zero attached hydrogens (tertiary/aromatic N) is 2. The maximum atomic E-state index is 13.4. The second-order valence-electron chi connectivity index (χ2n) is 7.24. The van der Waals surface area contributed by atoms with Crippen LogP contribution in [-0.2, 0) is 10.0 Å². The quantitative estimate of drug-likeness (QED) is 0.850. The van der Waals surface area contributed by atoms with E-state index in [0.29, 0.717) is 6.54 Å². The number of nitrogens with one attached hydrogen (secondary N) is 1. The van der Waals surface area contributed by atoms with E-state index in [0.717, 1.165) is 36.3 Å². The maximum absolute atomic E-state index is 13.4. The average molecular weight is 392 g/mol. The van der Waals surface area contributed by atoms with Crippen LogP contribution in [-0.4, -0.2) is 64.5 Å². The van der Waals surface area contributed by atoms with Crippen LogP contribution in [0.15, 0.2) is 47.4 Å².